The van der Waals surface area contributed by atoms with Gasteiger partial charge in [0.1, 0.15) is 5.69 Å². The number of hydrogen-bond donors (Lipinski definition) is 0. The molecule has 108 valence electrons. The van der Waals surface area contributed by atoms with Crippen LogP contribution in [0.2, 0.25) is 0 Å². The minimum absolute atomic E-state index is 0.0173. The summed E-state index contributed by atoms with van der Waals surface area (Å²) in [5, 5.41) is 11.7. The zero-order valence-electron chi connectivity index (χ0n) is 11.8. The van der Waals surface area contributed by atoms with E-state index in [1.165, 1.54) is 13.0 Å². The molecule has 0 bridgehead atoms. The van der Waals surface area contributed by atoms with Crippen LogP contribution in [0.25, 0.3) is 0 Å². The molecule has 2 atom stereocenters. The van der Waals surface area contributed by atoms with Gasteiger partial charge in [0.2, 0.25) is 0 Å². The summed E-state index contributed by atoms with van der Waals surface area (Å²) in [5.41, 5.74) is 1.01. The van der Waals surface area contributed by atoms with E-state index in [1.54, 1.807) is 12.1 Å². The molecule has 1 aromatic carbocycles. The molecule has 0 N–H and O–H groups in total. The molecule has 2 unspecified atom stereocenters. The van der Waals surface area contributed by atoms with Crippen molar-refractivity contribution in [1.82, 2.24) is 0 Å². The lowest BCUT2D eigenvalue weighted by atomic mass is 10.1. The molecule has 1 saturated heterocycles. The smallest absolute Gasteiger partial charge is 0.293 e. The molecule has 0 aromatic heterocycles. The second-order valence-electron chi connectivity index (χ2n) is 5.03. The molecule has 5 nitrogen and oxygen atoms in total. The topological polar surface area (TPSA) is 63.5 Å². The van der Waals surface area contributed by atoms with Gasteiger partial charge in [0, 0.05) is 35.2 Å². The van der Waals surface area contributed by atoms with Crippen molar-refractivity contribution in [2.24, 2.45) is 0 Å². The predicted octanol–water partition coefficient (Wildman–Crippen LogP) is 3.13. The Morgan fingerprint density at radius 2 is 2.15 bits per heavy atom. The SMILES string of the molecule is CC(=O)c1ccc(N2CCSC(C)C2C)c([N+](=O)[O-])c1. The van der Waals surface area contributed by atoms with E-state index < -0.39 is 4.92 Å². The van der Waals surface area contributed by atoms with E-state index in [0.717, 1.165) is 12.3 Å². The fraction of sp³-hybridized carbons (Fsp3) is 0.500. The van der Waals surface area contributed by atoms with E-state index in [0.29, 0.717) is 16.5 Å². The van der Waals surface area contributed by atoms with Gasteiger partial charge in [-0.1, -0.05) is 6.92 Å². The van der Waals surface area contributed by atoms with Crippen LogP contribution in [0.4, 0.5) is 11.4 Å². The summed E-state index contributed by atoms with van der Waals surface area (Å²) in [4.78, 5) is 24.3. The number of nitro groups is 1. The maximum absolute atomic E-state index is 11.4. The summed E-state index contributed by atoms with van der Waals surface area (Å²) < 4.78 is 0. The fourth-order valence-electron chi connectivity index (χ4n) is 2.40. The lowest BCUT2D eigenvalue weighted by Gasteiger charge is -2.38. The molecule has 0 radical (unpaired) electrons. The lowest BCUT2D eigenvalue weighted by molar-refractivity contribution is -0.384. The number of benzene rings is 1. The van der Waals surface area contributed by atoms with Gasteiger partial charge in [-0.15, -0.1) is 0 Å². The van der Waals surface area contributed by atoms with Crippen molar-refractivity contribution in [2.45, 2.75) is 32.1 Å². The summed E-state index contributed by atoms with van der Waals surface area (Å²) in [6, 6.07) is 4.99. The first-order chi connectivity index (χ1) is 9.41. The van der Waals surface area contributed by atoms with Crippen molar-refractivity contribution >= 4 is 28.9 Å². The molecule has 1 aliphatic rings. The maximum atomic E-state index is 11.4. The van der Waals surface area contributed by atoms with Crippen LogP contribution in [0.3, 0.4) is 0 Å². The number of Topliss-reactive ketones (excluding diaryl/α,β-unsaturated/α-hetero) is 1. The van der Waals surface area contributed by atoms with E-state index >= 15 is 0 Å². The van der Waals surface area contributed by atoms with Gasteiger partial charge < -0.3 is 4.90 Å². The van der Waals surface area contributed by atoms with Crippen LogP contribution in [0.5, 0.6) is 0 Å². The number of thioether (sulfide) groups is 1. The summed E-state index contributed by atoms with van der Waals surface area (Å²) in [7, 11) is 0. The minimum atomic E-state index is -0.402. The summed E-state index contributed by atoms with van der Waals surface area (Å²) >= 11 is 1.88. The third kappa shape index (κ3) is 2.80. The Balaban J connectivity index is 2.45. The molecule has 1 heterocycles. The molecule has 0 saturated carbocycles. The zero-order chi connectivity index (χ0) is 14.9. The maximum Gasteiger partial charge on any atom is 0.293 e. The normalized spacial score (nSPS) is 22.6. The molecule has 0 aliphatic carbocycles. The average Bonchev–Trinajstić information content (AvgIpc) is 2.41. The number of carbonyl (C=O) groups is 1. The van der Waals surface area contributed by atoms with Gasteiger partial charge in [-0.25, -0.2) is 0 Å². The highest BCUT2D eigenvalue weighted by atomic mass is 32.2. The van der Waals surface area contributed by atoms with Crippen LogP contribution < -0.4 is 4.90 Å². The Morgan fingerprint density at radius 3 is 2.75 bits per heavy atom. The summed E-state index contributed by atoms with van der Waals surface area (Å²) in [6.45, 7) is 6.42. The number of rotatable bonds is 3. The van der Waals surface area contributed by atoms with Crippen molar-refractivity contribution in [3.8, 4) is 0 Å². The zero-order valence-corrected chi connectivity index (χ0v) is 12.6. The molecule has 1 fully saturated rings. The van der Waals surface area contributed by atoms with E-state index in [1.807, 2.05) is 11.8 Å². The largest absolute Gasteiger partial charge is 0.361 e. The second kappa shape index (κ2) is 5.83. The molecular weight excluding hydrogens is 276 g/mol. The standard InChI is InChI=1S/C14H18N2O3S/c1-9-11(3)20-7-6-15(9)13-5-4-12(10(2)17)8-14(13)16(18)19/h4-5,8-9,11H,6-7H2,1-3H3. The molecule has 2 rings (SSSR count). The third-order valence-corrected chi connectivity index (χ3v) is 5.11. The second-order valence-corrected chi connectivity index (χ2v) is 6.51. The number of anilines is 1. The lowest BCUT2D eigenvalue weighted by Crippen LogP contribution is -2.45. The molecule has 0 amide bonds. The van der Waals surface area contributed by atoms with Crippen LogP contribution in [-0.2, 0) is 0 Å². The third-order valence-electron chi connectivity index (χ3n) is 3.77. The van der Waals surface area contributed by atoms with Gasteiger partial charge in [0.25, 0.3) is 5.69 Å². The Kier molecular flexibility index (Phi) is 4.32. The van der Waals surface area contributed by atoms with E-state index in [-0.39, 0.29) is 17.5 Å². The van der Waals surface area contributed by atoms with E-state index in [2.05, 4.69) is 18.7 Å². The first-order valence-corrected chi connectivity index (χ1v) is 7.64. The van der Waals surface area contributed by atoms with Crippen molar-refractivity contribution in [1.29, 1.82) is 0 Å². The molecular formula is C14H18N2O3S. The number of nitrogens with zero attached hydrogens (tertiary/aromatic N) is 2. The van der Waals surface area contributed by atoms with E-state index in [4.69, 9.17) is 0 Å². The van der Waals surface area contributed by atoms with Crippen LogP contribution in [-0.4, -0.2) is 34.3 Å². The molecule has 20 heavy (non-hydrogen) atoms. The van der Waals surface area contributed by atoms with Gasteiger partial charge in [0.05, 0.1) is 4.92 Å². The highest BCUT2D eigenvalue weighted by Crippen LogP contribution is 2.35. The predicted molar refractivity (Wildman–Crippen MR) is 81.8 cm³/mol. The highest BCUT2D eigenvalue weighted by Gasteiger charge is 2.30. The van der Waals surface area contributed by atoms with Crippen LogP contribution in [0.1, 0.15) is 31.1 Å². The van der Waals surface area contributed by atoms with Crippen molar-refractivity contribution < 1.29 is 9.72 Å². The quantitative estimate of drug-likeness (QED) is 0.487. The van der Waals surface area contributed by atoms with Crippen LogP contribution in [0, 0.1) is 10.1 Å². The Labute approximate surface area is 122 Å². The average molecular weight is 294 g/mol. The van der Waals surface area contributed by atoms with Gasteiger partial charge in [-0.3, -0.25) is 14.9 Å². The molecule has 6 heteroatoms. The van der Waals surface area contributed by atoms with E-state index in [9.17, 15) is 14.9 Å². The summed E-state index contributed by atoms with van der Waals surface area (Å²) in [6.07, 6.45) is 0. The van der Waals surface area contributed by atoms with Gasteiger partial charge >= 0.3 is 0 Å². The van der Waals surface area contributed by atoms with Gasteiger partial charge in [-0.2, -0.15) is 11.8 Å². The first kappa shape index (κ1) is 14.8. The van der Waals surface area contributed by atoms with Crippen molar-refractivity contribution in [3.05, 3.63) is 33.9 Å². The van der Waals surface area contributed by atoms with Crippen LogP contribution >= 0.6 is 11.8 Å². The van der Waals surface area contributed by atoms with Gasteiger partial charge in [0.15, 0.2) is 5.78 Å². The number of nitro benzene ring substituents is 1. The van der Waals surface area contributed by atoms with Gasteiger partial charge in [-0.05, 0) is 26.0 Å². The van der Waals surface area contributed by atoms with Crippen molar-refractivity contribution in [2.75, 3.05) is 17.2 Å². The van der Waals surface area contributed by atoms with Crippen molar-refractivity contribution in [3.63, 3.8) is 0 Å². The first-order valence-electron chi connectivity index (χ1n) is 6.59. The summed E-state index contributed by atoms with van der Waals surface area (Å²) in [5.74, 6) is 0.798. The molecule has 0 spiro atoms. The fourth-order valence-corrected chi connectivity index (χ4v) is 3.50. The highest BCUT2D eigenvalue weighted by molar-refractivity contribution is 8.00. The minimum Gasteiger partial charge on any atom is -0.361 e. The monoisotopic (exact) mass is 294 g/mol. The number of hydrogen-bond acceptors (Lipinski definition) is 5. The Bertz CT molecular complexity index is 547. The number of ketones is 1. The number of carbonyl (C=O) groups excluding carboxylic acids is 1. The van der Waals surface area contributed by atoms with Crippen LogP contribution in [0.15, 0.2) is 18.2 Å². The Hall–Kier alpha value is -1.56. The Morgan fingerprint density at radius 1 is 1.45 bits per heavy atom. The molecule has 1 aliphatic heterocycles. The molecule has 1 aromatic rings.